The summed E-state index contributed by atoms with van der Waals surface area (Å²) in [6.07, 6.45) is 5.01. The molecule has 1 aromatic carbocycles. The molecule has 0 unspecified atom stereocenters. The molecule has 2 aromatic rings. The number of nitrogens with zero attached hydrogens (tertiary/aromatic N) is 1. The minimum Gasteiger partial charge on any atom is -0.492 e. The average molecular weight is 464 g/mol. The number of carbonyl (C=O) groups is 3. The van der Waals surface area contributed by atoms with E-state index < -0.39 is 12.0 Å². The maximum absolute atomic E-state index is 13.2. The molecule has 1 aliphatic carbocycles. The Morgan fingerprint density at radius 2 is 2.09 bits per heavy atom. The monoisotopic (exact) mass is 463 g/mol. The molecule has 2 aliphatic rings. The third kappa shape index (κ3) is 5.32. The number of rotatable bonds is 9. The van der Waals surface area contributed by atoms with Gasteiger partial charge in [-0.2, -0.15) is 5.26 Å². The topological polar surface area (TPSA) is 112 Å². The molecule has 0 spiro atoms. The number of fused-ring (bicyclic) bond motifs is 3. The Morgan fingerprint density at radius 3 is 2.82 bits per heavy atom. The number of aromatic nitrogens is 1. The van der Waals surface area contributed by atoms with Gasteiger partial charge in [0.1, 0.15) is 17.6 Å². The number of ketones is 2. The number of Topliss-reactive ketones (excluding diaryl/α,β-unsaturated/α-hetero) is 2. The van der Waals surface area contributed by atoms with Crippen molar-refractivity contribution in [3.05, 3.63) is 29.5 Å². The second-order valence-electron chi connectivity index (χ2n) is 10.1. The van der Waals surface area contributed by atoms with Gasteiger partial charge in [0.15, 0.2) is 5.78 Å². The van der Waals surface area contributed by atoms with Gasteiger partial charge in [-0.05, 0) is 49.3 Å². The quantitative estimate of drug-likeness (QED) is 0.532. The van der Waals surface area contributed by atoms with Crippen LogP contribution in [0.5, 0.6) is 5.75 Å². The van der Waals surface area contributed by atoms with Crippen LogP contribution in [0.15, 0.2) is 18.2 Å². The highest BCUT2D eigenvalue weighted by Crippen LogP contribution is 2.35. The van der Waals surface area contributed by atoms with E-state index in [9.17, 15) is 19.6 Å². The van der Waals surface area contributed by atoms with Crippen molar-refractivity contribution >= 4 is 28.4 Å². The number of amides is 1. The lowest BCUT2D eigenvalue weighted by Crippen LogP contribution is -2.41. The fourth-order valence-electron chi connectivity index (χ4n) is 5.21. The van der Waals surface area contributed by atoms with E-state index in [-0.39, 0.29) is 35.7 Å². The average Bonchev–Trinajstić information content (AvgIpc) is 3.45. The Balaban J connectivity index is 1.45. The number of carbonyl (C=O) groups excluding carboxylic acids is 3. The summed E-state index contributed by atoms with van der Waals surface area (Å²) >= 11 is 0. The van der Waals surface area contributed by atoms with Gasteiger partial charge in [-0.15, -0.1) is 0 Å². The summed E-state index contributed by atoms with van der Waals surface area (Å²) in [5, 5.41) is 13.3. The molecule has 2 heterocycles. The number of hydrogen-bond acceptors (Lipinski definition) is 5. The van der Waals surface area contributed by atoms with Gasteiger partial charge >= 0.3 is 0 Å². The van der Waals surface area contributed by atoms with Crippen LogP contribution in [0.2, 0.25) is 0 Å². The molecule has 7 heteroatoms. The minimum atomic E-state index is -0.725. The van der Waals surface area contributed by atoms with E-state index in [0.29, 0.717) is 31.6 Å². The van der Waals surface area contributed by atoms with E-state index in [0.717, 1.165) is 47.9 Å². The maximum atomic E-state index is 13.2. The summed E-state index contributed by atoms with van der Waals surface area (Å²) in [5.74, 6) is 0.0839. The number of hydrogen-bond donors (Lipinski definition) is 2. The SMILES string of the molecule is CC(C)C[C@H](CC(=O)c1cc2c3c(ccc2[nH]1)CCO3)C(=O)N[C@H](C#N)C[C@@H]1CCCCC1=O. The molecular weight excluding hydrogens is 430 g/mol. The summed E-state index contributed by atoms with van der Waals surface area (Å²) in [7, 11) is 0. The van der Waals surface area contributed by atoms with Gasteiger partial charge in [0.05, 0.1) is 18.4 Å². The van der Waals surface area contributed by atoms with Crippen molar-refractivity contribution < 1.29 is 19.1 Å². The van der Waals surface area contributed by atoms with Gasteiger partial charge in [-0.3, -0.25) is 14.4 Å². The first-order valence-electron chi connectivity index (χ1n) is 12.4. The summed E-state index contributed by atoms with van der Waals surface area (Å²) < 4.78 is 5.75. The van der Waals surface area contributed by atoms with Gasteiger partial charge in [0.2, 0.25) is 5.91 Å². The fourth-order valence-corrected chi connectivity index (χ4v) is 5.21. The predicted molar refractivity (Wildman–Crippen MR) is 129 cm³/mol. The van der Waals surface area contributed by atoms with Crippen LogP contribution in [-0.2, 0) is 16.0 Å². The molecule has 4 rings (SSSR count). The molecule has 0 radical (unpaired) electrons. The zero-order valence-electron chi connectivity index (χ0n) is 20.0. The number of nitrogens with one attached hydrogen (secondary N) is 2. The number of ether oxygens (including phenoxy) is 1. The van der Waals surface area contributed by atoms with Crippen LogP contribution >= 0.6 is 0 Å². The van der Waals surface area contributed by atoms with Gasteiger partial charge in [0, 0.05) is 42.0 Å². The maximum Gasteiger partial charge on any atom is 0.224 e. The van der Waals surface area contributed by atoms with E-state index in [4.69, 9.17) is 4.74 Å². The molecule has 1 saturated carbocycles. The van der Waals surface area contributed by atoms with Gasteiger partial charge in [-0.25, -0.2) is 0 Å². The van der Waals surface area contributed by atoms with Gasteiger partial charge < -0.3 is 15.0 Å². The molecule has 0 saturated heterocycles. The lowest BCUT2D eigenvalue weighted by atomic mass is 9.83. The van der Waals surface area contributed by atoms with Crippen LogP contribution in [0.1, 0.15) is 74.8 Å². The number of aromatic amines is 1. The standard InChI is InChI=1S/C27H33N3O4/c1-16(2)11-19(27(33)29-20(15-28)12-18-5-3-4-6-24(18)31)13-25(32)23-14-21-22(30-23)8-7-17-9-10-34-26(17)21/h7-8,14,16,18-20,30H,3-6,9-13H2,1-2H3,(H,29,33)/t18-,19+,20-/m0/s1. The molecular formula is C27H33N3O4. The molecule has 34 heavy (non-hydrogen) atoms. The molecule has 1 aromatic heterocycles. The highest BCUT2D eigenvalue weighted by Gasteiger charge is 2.30. The first kappa shape index (κ1) is 24.0. The molecule has 1 aliphatic heterocycles. The Morgan fingerprint density at radius 1 is 1.26 bits per heavy atom. The second kappa shape index (κ2) is 10.4. The van der Waals surface area contributed by atoms with Crippen LogP contribution < -0.4 is 10.1 Å². The third-order valence-electron chi connectivity index (χ3n) is 6.99. The minimum absolute atomic E-state index is 0.0559. The van der Waals surface area contributed by atoms with Crippen LogP contribution in [0, 0.1) is 29.1 Å². The summed E-state index contributed by atoms with van der Waals surface area (Å²) in [6, 6.07) is 7.22. The number of benzene rings is 1. The van der Waals surface area contributed by atoms with Crippen LogP contribution in [-0.4, -0.2) is 35.1 Å². The normalized spacial score (nSPS) is 19.4. The molecule has 0 bridgehead atoms. The first-order valence-corrected chi connectivity index (χ1v) is 12.4. The summed E-state index contributed by atoms with van der Waals surface area (Å²) in [5.41, 5.74) is 2.45. The highest BCUT2D eigenvalue weighted by atomic mass is 16.5. The Kier molecular flexibility index (Phi) is 7.35. The zero-order chi connectivity index (χ0) is 24.2. The van der Waals surface area contributed by atoms with Crippen molar-refractivity contribution in [2.45, 2.75) is 71.3 Å². The molecule has 180 valence electrons. The van der Waals surface area contributed by atoms with Crippen molar-refractivity contribution in [1.82, 2.24) is 10.3 Å². The molecule has 1 amide bonds. The van der Waals surface area contributed by atoms with Gasteiger partial charge in [-0.1, -0.05) is 26.3 Å². The van der Waals surface area contributed by atoms with E-state index in [2.05, 4.69) is 16.4 Å². The zero-order valence-corrected chi connectivity index (χ0v) is 20.0. The van der Waals surface area contributed by atoms with Crippen molar-refractivity contribution in [1.29, 1.82) is 5.26 Å². The first-order chi connectivity index (χ1) is 16.4. The van der Waals surface area contributed by atoms with Crippen molar-refractivity contribution in [2.24, 2.45) is 17.8 Å². The largest absolute Gasteiger partial charge is 0.492 e. The Bertz CT molecular complexity index is 1130. The third-order valence-corrected chi connectivity index (χ3v) is 6.99. The van der Waals surface area contributed by atoms with Crippen LogP contribution in [0.25, 0.3) is 10.9 Å². The van der Waals surface area contributed by atoms with Crippen LogP contribution in [0.4, 0.5) is 0 Å². The number of H-pyrrole nitrogens is 1. The van der Waals surface area contributed by atoms with Crippen molar-refractivity contribution in [3.8, 4) is 11.8 Å². The molecule has 2 N–H and O–H groups in total. The Labute approximate surface area is 200 Å². The smallest absolute Gasteiger partial charge is 0.224 e. The summed E-state index contributed by atoms with van der Waals surface area (Å²) in [6.45, 7) is 4.67. The van der Waals surface area contributed by atoms with E-state index >= 15 is 0 Å². The van der Waals surface area contributed by atoms with E-state index in [1.807, 2.05) is 32.0 Å². The summed E-state index contributed by atoms with van der Waals surface area (Å²) in [4.78, 5) is 41.7. The van der Waals surface area contributed by atoms with Gasteiger partial charge in [0.25, 0.3) is 0 Å². The van der Waals surface area contributed by atoms with Crippen molar-refractivity contribution in [2.75, 3.05) is 6.61 Å². The van der Waals surface area contributed by atoms with Crippen molar-refractivity contribution in [3.63, 3.8) is 0 Å². The lowest BCUT2D eigenvalue weighted by Gasteiger charge is -2.24. The molecule has 1 fully saturated rings. The predicted octanol–water partition coefficient (Wildman–Crippen LogP) is 4.50. The lowest BCUT2D eigenvalue weighted by molar-refractivity contribution is -0.127. The highest BCUT2D eigenvalue weighted by molar-refractivity contribution is 6.02. The Hall–Kier alpha value is -3.14. The van der Waals surface area contributed by atoms with E-state index in [1.54, 1.807) is 0 Å². The van der Waals surface area contributed by atoms with E-state index in [1.165, 1.54) is 0 Å². The van der Waals surface area contributed by atoms with Crippen LogP contribution in [0.3, 0.4) is 0 Å². The molecule has 3 atom stereocenters. The number of nitriles is 1. The fraction of sp³-hybridized carbons (Fsp3) is 0.556. The molecule has 7 nitrogen and oxygen atoms in total. The second-order valence-corrected chi connectivity index (χ2v) is 10.1.